The molecule has 100 valence electrons. The van der Waals surface area contributed by atoms with Crippen LogP contribution in [-0.4, -0.2) is 31.3 Å². The summed E-state index contributed by atoms with van der Waals surface area (Å²) in [6.45, 7) is 2.11. The normalized spacial score (nSPS) is 12.3. The number of carboxylic acid groups (broad SMARTS) is 1. The van der Waals surface area contributed by atoms with E-state index < -0.39 is 11.9 Å². The van der Waals surface area contributed by atoms with Crippen molar-refractivity contribution in [3.63, 3.8) is 0 Å². The molecular weight excluding hydrogens is 268 g/mol. The summed E-state index contributed by atoms with van der Waals surface area (Å²) >= 11 is 5.93. The molecule has 0 saturated heterocycles. The Morgan fingerprint density at radius 1 is 1.53 bits per heavy atom. The Morgan fingerprint density at radius 2 is 2.32 bits per heavy atom. The van der Waals surface area contributed by atoms with E-state index >= 15 is 0 Å². The Hall–Kier alpha value is -1.95. The number of aliphatic carboxylic acids is 1. The number of hydrogen-bond acceptors (Lipinski definition) is 4. The summed E-state index contributed by atoms with van der Waals surface area (Å²) in [4.78, 5) is 10.8. The van der Waals surface area contributed by atoms with Crippen LogP contribution in [0, 0.1) is 5.92 Å². The summed E-state index contributed by atoms with van der Waals surface area (Å²) < 4.78 is 1.59. The molecule has 1 N–H and O–H groups in total. The number of rotatable bonds is 5. The third kappa shape index (κ3) is 3.29. The van der Waals surface area contributed by atoms with Gasteiger partial charge in [0.1, 0.15) is 0 Å². The molecule has 0 amide bonds. The van der Waals surface area contributed by atoms with Gasteiger partial charge in [-0.25, -0.2) is 4.68 Å². The maximum Gasteiger partial charge on any atom is 0.306 e. The van der Waals surface area contributed by atoms with Gasteiger partial charge in [-0.05, 0) is 29.0 Å². The van der Waals surface area contributed by atoms with Crippen LogP contribution < -0.4 is 0 Å². The highest BCUT2D eigenvalue weighted by Gasteiger charge is 2.14. The number of aryl methyl sites for hydroxylation is 1. The molecule has 1 unspecified atom stereocenters. The lowest BCUT2D eigenvalue weighted by Crippen LogP contribution is -2.13. The molecule has 0 spiro atoms. The number of carbonyl (C=O) groups is 1. The Labute approximate surface area is 115 Å². The second-order valence-electron chi connectivity index (χ2n) is 4.26. The molecule has 0 aliphatic carbocycles. The van der Waals surface area contributed by atoms with Crippen LogP contribution in [-0.2, 0) is 11.3 Å². The van der Waals surface area contributed by atoms with Gasteiger partial charge in [0.15, 0.2) is 5.82 Å². The average molecular weight is 281 g/mol. The minimum absolute atomic E-state index is 0.434. The van der Waals surface area contributed by atoms with E-state index in [1.54, 1.807) is 23.7 Å². The van der Waals surface area contributed by atoms with E-state index in [9.17, 15) is 4.79 Å². The fraction of sp³-hybridized carbons (Fsp3) is 0.333. The van der Waals surface area contributed by atoms with Crippen molar-refractivity contribution in [2.75, 3.05) is 0 Å². The summed E-state index contributed by atoms with van der Waals surface area (Å²) in [7, 11) is 0. The van der Waals surface area contributed by atoms with Gasteiger partial charge in [-0.15, -0.1) is 5.10 Å². The zero-order valence-electron chi connectivity index (χ0n) is 10.3. The summed E-state index contributed by atoms with van der Waals surface area (Å²) in [6.07, 6.45) is 0.466. The second kappa shape index (κ2) is 5.79. The van der Waals surface area contributed by atoms with Gasteiger partial charge in [0.05, 0.1) is 5.92 Å². The minimum Gasteiger partial charge on any atom is -0.481 e. The van der Waals surface area contributed by atoms with E-state index in [0.717, 1.165) is 5.56 Å². The van der Waals surface area contributed by atoms with E-state index in [1.165, 1.54) is 0 Å². The summed E-state index contributed by atoms with van der Waals surface area (Å²) in [6, 6.07) is 7.21. The number of halogens is 1. The summed E-state index contributed by atoms with van der Waals surface area (Å²) in [5, 5.41) is 20.9. The molecule has 1 aromatic heterocycles. The molecule has 0 fully saturated rings. The first-order valence-corrected chi connectivity index (χ1v) is 6.20. The van der Waals surface area contributed by atoms with E-state index in [1.807, 2.05) is 12.1 Å². The van der Waals surface area contributed by atoms with Crippen molar-refractivity contribution < 1.29 is 9.90 Å². The number of nitrogens with zero attached hydrogens (tertiary/aromatic N) is 4. The maximum absolute atomic E-state index is 10.8. The van der Waals surface area contributed by atoms with Crippen molar-refractivity contribution in [3.05, 3.63) is 29.3 Å². The molecule has 7 heteroatoms. The van der Waals surface area contributed by atoms with Crippen molar-refractivity contribution >= 4 is 17.6 Å². The van der Waals surface area contributed by atoms with Gasteiger partial charge in [-0.2, -0.15) is 0 Å². The van der Waals surface area contributed by atoms with Crippen LogP contribution in [0.25, 0.3) is 11.4 Å². The third-order valence-electron chi connectivity index (χ3n) is 2.81. The van der Waals surface area contributed by atoms with Crippen LogP contribution in [0.15, 0.2) is 24.3 Å². The highest BCUT2D eigenvalue weighted by Crippen LogP contribution is 2.20. The lowest BCUT2D eigenvalue weighted by atomic mass is 10.1. The molecule has 1 aromatic carbocycles. The Bertz CT molecular complexity index is 585. The van der Waals surface area contributed by atoms with Crippen LogP contribution in [0.2, 0.25) is 5.02 Å². The fourth-order valence-electron chi connectivity index (χ4n) is 1.63. The summed E-state index contributed by atoms with van der Waals surface area (Å²) in [5.41, 5.74) is 0.806. The molecule has 0 aliphatic heterocycles. The van der Waals surface area contributed by atoms with Crippen molar-refractivity contribution in [3.8, 4) is 11.4 Å². The molecule has 0 radical (unpaired) electrons. The standard InChI is InChI=1S/C12H13ClN4O2/c1-8(12(18)19)5-6-17-11(14-15-16-17)9-3-2-4-10(13)7-9/h2-4,7-8H,5-6H2,1H3,(H,18,19). The van der Waals surface area contributed by atoms with E-state index in [-0.39, 0.29) is 0 Å². The molecule has 0 bridgehead atoms. The highest BCUT2D eigenvalue weighted by molar-refractivity contribution is 6.30. The highest BCUT2D eigenvalue weighted by atomic mass is 35.5. The van der Waals surface area contributed by atoms with Crippen molar-refractivity contribution in [2.45, 2.75) is 19.9 Å². The van der Waals surface area contributed by atoms with Crippen LogP contribution >= 0.6 is 11.6 Å². The maximum atomic E-state index is 10.8. The number of hydrogen-bond donors (Lipinski definition) is 1. The topological polar surface area (TPSA) is 80.9 Å². The van der Waals surface area contributed by atoms with Gasteiger partial charge in [-0.1, -0.05) is 30.7 Å². The smallest absolute Gasteiger partial charge is 0.306 e. The van der Waals surface area contributed by atoms with Crippen LogP contribution in [0.3, 0.4) is 0 Å². The Kier molecular flexibility index (Phi) is 4.11. The average Bonchev–Trinajstić information content (AvgIpc) is 2.84. The molecule has 1 atom stereocenters. The monoisotopic (exact) mass is 280 g/mol. The number of aromatic nitrogens is 4. The van der Waals surface area contributed by atoms with Crippen LogP contribution in [0.4, 0.5) is 0 Å². The lowest BCUT2D eigenvalue weighted by molar-refractivity contribution is -0.141. The number of benzene rings is 1. The van der Waals surface area contributed by atoms with E-state index in [2.05, 4.69) is 15.5 Å². The summed E-state index contributed by atoms with van der Waals surface area (Å²) in [5.74, 6) is -0.672. The first kappa shape index (κ1) is 13.5. The van der Waals surface area contributed by atoms with Crippen molar-refractivity contribution in [1.29, 1.82) is 0 Å². The van der Waals surface area contributed by atoms with Gasteiger partial charge in [0.25, 0.3) is 0 Å². The molecule has 0 aliphatic rings. The SMILES string of the molecule is CC(CCn1nnnc1-c1cccc(Cl)c1)C(=O)O. The molecule has 0 saturated carbocycles. The van der Waals surface area contributed by atoms with Crippen LogP contribution in [0.5, 0.6) is 0 Å². The molecule has 1 heterocycles. The molecular formula is C12H13ClN4O2. The fourth-order valence-corrected chi connectivity index (χ4v) is 1.82. The molecule has 6 nitrogen and oxygen atoms in total. The molecule has 2 aromatic rings. The number of tetrazole rings is 1. The first-order chi connectivity index (χ1) is 9.08. The Morgan fingerprint density at radius 3 is 3.00 bits per heavy atom. The quantitative estimate of drug-likeness (QED) is 0.907. The lowest BCUT2D eigenvalue weighted by Gasteiger charge is -2.07. The molecule has 19 heavy (non-hydrogen) atoms. The van der Waals surface area contributed by atoms with Gasteiger partial charge in [0.2, 0.25) is 0 Å². The minimum atomic E-state index is -0.822. The van der Waals surface area contributed by atoms with Crippen molar-refractivity contribution in [1.82, 2.24) is 20.2 Å². The number of carboxylic acids is 1. The second-order valence-corrected chi connectivity index (χ2v) is 4.70. The molecule has 2 rings (SSSR count). The third-order valence-corrected chi connectivity index (χ3v) is 3.05. The largest absolute Gasteiger partial charge is 0.481 e. The van der Waals surface area contributed by atoms with Gasteiger partial charge < -0.3 is 5.11 Å². The Balaban J connectivity index is 2.16. The van der Waals surface area contributed by atoms with Crippen molar-refractivity contribution in [2.24, 2.45) is 5.92 Å². The van der Waals surface area contributed by atoms with Gasteiger partial charge in [0, 0.05) is 17.1 Å². The first-order valence-electron chi connectivity index (χ1n) is 5.83. The zero-order chi connectivity index (χ0) is 13.8. The zero-order valence-corrected chi connectivity index (χ0v) is 11.1. The predicted molar refractivity (Wildman–Crippen MR) is 69.7 cm³/mol. The van der Waals surface area contributed by atoms with Gasteiger partial charge >= 0.3 is 5.97 Å². The van der Waals surface area contributed by atoms with Gasteiger partial charge in [-0.3, -0.25) is 4.79 Å². The predicted octanol–water partition coefficient (Wildman–Crippen LogP) is 2.10. The van der Waals surface area contributed by atoms with E-state index in [0.29, 0.717) is 23.8 Å². The van der Waals surface area contributed by atoms with E-state index in [4.69, 9.17) is 16.7 Å². The van der Waals surface area contributed by atoms with Crippen LogP contribution in [0.1, 0.15) is 13.3 Å².